The van der Waals surface area contributed by atoms with Crippen LogP contribution < -0.4 is 20.7 Å². The van der Waals surface area contributed by atoms with Gasteiger partial charge in [0.1, 0.15) is 5.75 Å². The molecule has 0 atom stereocenters. The van der Waals surface area contributed by atoms with Crippen molar-refractivity contribution in [2.24, 2.45) is 7.05 Å². The predicted molar refractivity (Wildman–Crippen MR) is 136 cm³/mol. The topological polar surface area (TPSA) is 84.5 Å². The number of nitrogen functional groups attached to an aromatic ring is 1. The summed E-state index contributed by atoms with van der Waals surface area (Å²) in [5.74, 6) is 0.805. The molecule has 0 saturated carbocycles. The molecule has 0 saturated heterocycles. The average molecular weight is 452 g/mol. The minimum absolute atomic E-state index is 0.104. The molecule has 0 radical (unpaired) electrons. The first kappa shape index (κ1) is 15.9. The highest BCUT2D eigenvalue weighted by molar-refractivity contribution is 5.95. The number of hydrogen-bond donors (Lipinski definition) is 2. The summed E-state index contributed by atoms with van der Waals surface area (Å²) in [5.41, 5.74) is 10.6. The van der Waals surface area contributed by atoms with Crippen LogP contribution in [0.1, 0.15) is 8.22 Å². The summed E-state index contributed by atoms with van der Waals surface area (Å²) in [6.07, 6.45) is 3.70. The molecule has 33 heavy (non-hydrogen) atoms. The molecule has 0 aliphatic carbocycles. The third kappa shape index (κ3) is 4.70. The number of methoxy groups -OCH3 is 1. The molecular formula is C25H31N7O. The molecule has 2 heterocycles. The molecule has 0 fully saturated rings. The Morgan fingerprint density at radius 3 is 2.79 bits per heavy atom. The number of fused-ring (bicyclic) bond motifs is 1. The number of likely N-dealkylation sites (N-methyl/N-ethyl adjacent to an activating group) is 2. The van der Waals surface area contributed by atoms with Crippen molar-refractivity contribution in [3.63, 3.8) is 0 Å². The number of para-hydroxylation sites is 1. The minimum Gasteiger partial charge on any atom is -0.494 e. The Morgan fingerprint density at radius 1 is 1.18 bits per heavy atom. The largest absolute Gasteiger partial charge is 0.494 e. The number of aromatic nitrogens is 3. The van der Waals surface area contributed by atoms with E-state index < -0.39 is 14.0 Å². The summed E-state index contributed by atoms with van der Waals surface area (Å²) < 4.78 is 53.0. The fraction of sp³-hybridized carbons (Fsp3) is 0.280. The normalized spacial score (nSPS) is 14.7. The van der Waals surface area contributed by atoms with E-state index >= 15 is 0 Å². The lowest BCUT2D eigenvalue weighted by atomic mass is 10.1. The van der Waals surface area contributed by atoms with Crippen molar-refractivity contribution < 1.29 is 13.0 Å². The van der Waals surface area contributed by atoms with Gasteiger partial charge >= 0.3 is 0 Å². The molecule has 0 amide bonds. The highest BCUT2D eigenvalue weighted by atomic mass is 16.5. The van der Waals surface area contributed by atoms with Crippen LogP contribution in [0.3, 0.4) is 0 Å². The van der Waals surface area contributed by atoms with Crippen LogP contribution in [0.15, 0.2) is 54.9 Å². The first-order chi connectivity index (χ1) is 18.3. The van der Waals surface area contributed by atoms with Crippen LogP contribution in [-0.4, -0.2) is 60.6 Å². The fourth-order valence-corrected chi connectivity index (χ4v) is 3.79. The minimum atomic E-state index is -2.76. The van der Waals surface area contributed by atoms with Crippen molar-refractivity contribution >= 4 is 33.9 Å². The van der Waals surface area contributed by atoms with Crippen LogP contribution in [-0.2, 0) is 7.05 Å². The van der Waals surface area contributed by atoms with Crippen molar-refractivity contribution in [3.8, 4) is 17.0 Å². The average Bonchev–Trinajstić information content (AvgIpc) is 3.19. The number of hydrogen-bond acceptors (Lipinski definition) is 7. The molecule has 0 spiro atoms. The van der Waals surface area contributed by atoms with Gasteiger partial charge in [-0.15, -0.1) is 0 Å². The zero-order valence-electron chi connectivity index (χ0n) is 24.8. The van der Waals surface area contributed by atoms with Crippen LogP contribution in [0.5, 0.6) is 5.75 Å². The number of benzene rings is 2. The fourth-order valence-electron chi connectivity index (χ4n) is 3.79. The number of nitrogens with one attached hydrogen (secondary N) is 1. The second-order valence-corrected chi connectivity index (χ2v) is 7.75. The number of nitrogens with two attached hydrogens (primary N) is 1. The molecule has 8 nitrogen and oxygen atoms in total. The Labute approximate surface area is 203 Å². The van der Waals surface area contributed by atoms with E-state index in [9.17, 15) is 0 Å². The van der Waals surface area contributed by atoms with E-state index in [-0.39, 0.29) is 13.1 Å². The maximum atomic E-state index is 7.56. The van der Waals surface area contributed by atoms with Crippen LogP contribution in [0.25, 0.3) is 22.2 Å². The van der Waals surface area contributed by atoms with Crippen molar-refractivity contribution in [3.05, 3.63) is 54.9 Å². The van der Waals surface area contributed by atoms with Crippen LogP contribution in [0.4, 0.5) is 23.0 Å². The Kier molecular flexibility index (Phi) is 4.53. The maximum Gasteiger partial charge on any atom is 0.227 e. The second-order valence-electron chi connectivity index (χ2n) is 7.75. The zero-order chi connectivity index (χ0) is 28.5. The van der Waals surface area contributed by atoms with E-state index in [1.165, 1.54) is 7.11 Å². The predicted octanol–water partition coefficient (Wildman–Crippen LogP) is 3.97. The number of nitrogens with zero attached hydrogens (tertiary/aromatic N) is 5. The molecule has 8 heteroatoms. The van der Waals surface area contributed by atoms with E-state index in [2.05, 4.69) is 16.4 Å². The third-order valence-electron chi connectivity index (χ3n) is 5.49. The van der Waals surface area contributed by atoms with Crippen molar-refractivity contribution in [2.75, 3.05) is 57.1 Å². The van der Waals surface area contributed by atoms with Gasteiger partial charge in [-0.1, -0.05) is 18.2 Å². The second kappa shape index (κ2) is 9.38. The van der Waals surface area contributed by atoms with E-state index in [0.29, 0.717) is 33.7 Å². The summed E-state index contributed by atoms with van der Waals surface area (Å²) >= 11 is 0. The number of aryl methyl sites for hydroxylation is 1. The Morgan fingerprint density at radius 2 is 2.00 bits per heavy atom. The number of ether oxygens (including phenoxy) is 1. The molecule has 4 aromatic rings. The highest BCUT2D eigenvalue weighted by Crippen LogP contribution is 2.36. The van der Waals surface area contributed by atoms with Gasteiger partial charge < -0.3 is 30.2 Å². The van der Waals surface area contributed by atoms with E-state index in [1.807, 2.05) is 42.1 Å². The van der Waals surface area contributed by atoms with Gasteiger partial charge in [-0.3, -0.25) is 0 Å². The lowest BCUT2D eigenvalue weighted by Crippen LogP contribution is -2.29. The lowest BCUT2D eigenvalue weighted by Gasteiger charge is -2.24. The van der Waals surface area contributed by atoms with Crippen LogP contribution >= 0.6 is 0 Å². The molecule has 2 aromatic heterocycles. The smallest absolute Gasteiger partial charge is 0.227 e. The van der Waals surface area contributed by atoms with E-state index in [4.69, 9.17) is 23.7 Å². The van der Waals surface area contributed by atoms with Crippen LogP contribution in [0, 0.1) is 0 Å². The maximum absolute atomic E-state index is 7.56. The van der Waals surface area contributed by atoms with Gasteiger partial charge in [-0.05, 0) is 32.2 Å². The molecule has 0 aliphatic rings. The molecule has 2 aromatic carbocycles. The van der Waals surface area contributed by atoms with Gasteiger partial charge in [0.05, 0.1) is 29.9 Å². The molecule has 0 bridgehead atoms. The Bertz CT molecular complexity index is 1450. The van der Waals surface area contributed by atoms with Gasteiger partial charge in [-0.2, -0.15) is 0 Å². The molecular weight excluding hydrogens is 414 g/mol. The summed E-state index contributed by atoms with van der Waals surface area (Å²) in [4.78, 5) is 11.3. The monoisotopic (exact) mass is 451 g/mol. The van der Waals surface area contributed by atoms with E-state index in [0.717, 1.165) is 22.2 Å². The zero-order valence-corrected chi connectivity index (χ0v) is 18.8. The number of anilines is 4. The molecule has 0 aliphatic heterocycles. The lowest BCUT2D eigenvalue weighted by molar-refractivity contribution is 0.413. The Hall–Kier alpha value is -3.78. The van der Waals surface area contributed by atoms with Gasteiger partial charge in [0.2, 0.25) is 5.95 Å². The quantitative estimate of drug-likeness (QED) is 0.392. The summed E-state index contributed by atoms with van der Waals surface area (Å²) in [6.45, 7) is -5.64. The first-order valence-electron chi connectivity index (χ1n) is 13.4. The SMILES string of the molecule is [2H]C([2H])([2H])N(CCN(C)c1cc(OC)c(Nc2nccc(-c3cn(C)c4ccccc34)n2)cc1N)C([2H])([2H])[2H]. The van der Waals surface area contributed by atoms with Gasteiger partial charge in [0.25, 0.3) is 0 Å². The third-order valence-corrected chi connectivity index (χ3v) is 5.49. The van der Waals surface area contributed by atoms with E-state index in [1.54, 1.807) is 30.3 Å². The molecule has 0 unspecified atom stereocenters. The Balaban J connectivity index is 1.57. The van der Waals surface area contributed by atoms with Gasteiger partial charge in [0, 0.05) is 70.3 Å². The first-order valence-corrected chi connectivity index (χ1v) is 10.4. The van der Waals surface area contributed by atoms with Gasteiger partial charge in [-0.25, -0.2) is 9.97 Å². The van der Waals surface area contributed by atoms with Crippen molar-refractivity contribution in [1.29, 1.82) is 0 Å². The van der Waals surface area contributed by atoms with Crippen molar-refractivity contribution in [1.82, 2.24) is 19.4 Å². The highest BCUT2D eigenvalue weighted by Gasteiger charge is 2.15. The molecule has 4 rings (SSSR count). The molecule has 172 valence electrons. The summed E-state index contributed by atoms with van der Waals surface area (Å²) in [6, 6.07) is 13.3. The standard InChI is InChI=1S/C25H31N7O/c1-30(2)12-13-31(3)23-15-24(33-5)21(14-19(23)26)29-25-27-11-10-20(28-25)18-16-32(4)22-9-7-6-8-17(18)22/h6-11,14-16H,12-13,26H2,1-5H3,(H,27,28,29)/i1D3,2D3. The molecule has 3 N–H and O–H groups in total. The van der Waals surface area contributed by atoms with Crippen LogP contribution in [0.2, 0.25) is 0 Å². The summed E-state index contributed by atoms with van der Waals surface area (Å²) in [5, 5.41) is 4.25. The number of rotatable bonds is 8. The van der Waals surface area contributed by atoms with Crippen molar-refractivity contribution in [2.45, 2.75) is 0 Å². The summed E-state index contributed by atoms with van der Waals surface area (Å²) in [7, 11) is 5.20. The van der Waals surface area contributed by atoms with Gasteiger partial charge in [0.15, 0.2) is 0 Å².